The van der Waals surface area contributed by atoms with E-state index in [1.54, 1.807) is 7.11 Å². The molecule has 2 aromatic carbocycles. The maximum absolute atomic E-state index is 6.64. The largest absolute Gasteiger partial charge is 0.497 e. The van der Waals surface area contributed by atoms with E-state index in [9.17, 15) is 0 Å². The molecule has 5 heteroatoms. The zero-order chi connectivity index (χ0) is 18.7. The zero-order valence-corrected chi connectivity index (χ0v) is 19.7. The smallest absolute Gasteiger partial charge is 0.172 e. The molecule has 2 nitrogen and oxygen atoms in total. The molecule has 0 spiro atoms. The van der Waals surface area contributed by atoms with Crippen LogP contribution in [0.1, 0.15) is 5.56 Å². The summed E-state index contributed by atoms with van der Waals surface area (Å²) in [5, 5.41) is 1.52. The first-order valence-corrected chi connectivity index (χ1v) is 19.8. The predicted octanol–water partition coefficient (Wildman–Crippen LogP) is 4.90. The van der Waals surface area contributed by atoms with Crippen LogP contribution < -0.4 is 9.92 Å². The first-order chi connectivity index (χ1) is 11.6. The van der Waals surface area contributed by atoms with Gasteiger partial charge in [-0.15, -0.1) is 0 Å². The molecule has 0 saturated heterocycles. The Morgan fingerprint density at radius 1 is 0.760 bits per heavy atom. The monoisotopic (exact) mass is 388 g/mol. The Bertz CT molecular complexity index is 680. The van der Waals surface area contributed by atoms with Crippen LogP contribution >= 0.6 is 0 Å². The van der Waals surface area contributed by atoms with Crippen LogP contribution in [0.5, 0.6) is 5.75 Å². The second-order valence-electron chi connectivity index (χ2n) is 8.26. The molecule has 136 valence electrons. The number of rotatable bonds is 7. The highest BCUT2D eigenvalue weighted by atomic mass is 29.6. The van der Waals surface area contributed by atoms with Gasteiger partial charge in [0.2, 0.25) is 0 Å². The fourth-order valence-electron chi connectivity index (χ4n) is 3.14. The van der Waals surface area contributed by atoms with Gasteiger partial charge in [-0.2, -0.15) is 0 Å². The van der Waals surface area contributed by atoms with Gasteiger partial charge in [-0.05, 0) is 30.8 Å². The van der Waals surface area contributed by atoms with E-state index in [0.29, 0.717) is 0 Å². The minimum Gasteiger partial charge on any atom is -0.497 e. The van der Waals surface area contributed by atoms with Crippen molar-refractivity contribution in [1.82, 2.24) is 0 Å². The number of hydrogen-bond donors (Lipinski definition) is 0. The van der Waals surface area contributed by atoms with Crippen molar-refractivity contribution in [3.63, 3.8) is 0 Å². The van der Waals surface area contributed by atoms with Crippen molar-refractivity contribution in [2.24, 2.45) is 0 Å². The van der Waals surface area contributed by atoms with Gasteiger partial charge in [-0.3, -0.25) is 0 Å². The first kappa shape index (κ1) is 20.2. The Kier molecular flexibility index (Phi) is 6.14. The normalized spacial score (nSPS) is 12.9. The summed E-state index contributed by atoms with van der Waals surface area (Å²) in [6.07, 6.45) is 0. The van der Waals surface area contributed by atoms with E-state index in [0.717, 1.165) is 12.4 Å². The van der Waals surface area contributed by atoms with Crippen LogP contribution in [0.25, 0.3) is 0 Å². The number of ether oxygens (including phenoxy) is 1. The maximum Gasteiger partial charge on any atom is 0.172 e. The molecule has 0 amide bonds. The van der Waals surface area contributed by atoms with Crippen molar-refractivity contribution in [2.45, 2.75) is 45.9 Å². The summed E-state index contributed by atoms with van der Waals surface area (Å²) in [6.45, 7) is 15.8. The summed E-state index contributed by atoms with van der Waals surface area (Å²) in [6, 6.07) is 19.3. The fraction of sp³-hybridized carbons (Fsp3) is 0.400. The second kappa shape index (κ2) is 7.62. The van der Waals surface area contributed by atoms with Gasteiger partial charge in [0.25, 0.3) is 0 Å². The molecule has 0 fully saturated rings. The molecule has 0 heterocycles. The summed E-state index contributed by atoms with van der Waals surface area (Å²) in [7, 11) is -3.22. The lowest BCUT2D eigenvalue weighted by Crippen LogP contribution is -2.75. The number of methoxy groups -OCH3 is 1. The highest BCUT2D eigenvalue weighted by Gasteiger charge is 2.54. The van der Waals surface area contributed by atoms with Gasteiger partial charge < -0.3 is 9.16 Å². The summed E-state index contributed by atoms with van der Waals surface area (Å²) in [5.41, 5.74) is 1.27. The van der Waals surface area contributed by atoms with Crippen LogP contribution in [-0.4, -0.2) is 29.6 Å². The molecule has 0 aliphatic rings. The molecule has 0 bridgehead atoms. The molecule has 0 unspecified atom stereocenters. The van der Waals surface area contributed by atoms with E-state index in [2.05, 4.69) is 93.9 Å². The minimum absolute atomic E-state index is 0.740. The molecule has 0 N–H and O–H groups in total. The Labute approximate surface area is 155 Å². The molecule has 2 rings (SSSR count). The fourth-order valence-corrected chi connectivity index (χ4v) is 31.2. The lowest BCUT2D eigenvalue weighted by atomic mass is 10.2. The second-order valence-corrected chi connectivity index (χ2v) is 35.0. The molecular weight excluding hydrogens is 356 g/mol. The molecule has 0 aromatic heterocycles. The third-order valence-electron chi connectivity index (χ3n) is 6.32. The van der Waals surface area contributed by atoms with Gasteiger partial charge in [-0.1, -0.05) is 73.8 Å². The van der Waals surface area contributed by atoms with Crippen LogP contribution in [0, 0.1) is 0 Å². The third kappa shape index (κ3) is 4.16. The van der Waals surface area contributed by atoms with E-state index < -0.39 is 22.5 Å². The molecule has 25 heavy (non-hydrogen) atoms. The third-order valence-corrected chi connectivity index (χ3v) is 45.8. The average molecular weight is 389 g/mol. The topological polar surface area (TPSA) is 18.5 Å². The van der Waals surface area contributed by atoms with Crippen molar-refractivity contribution in [3.05, 3.63) is 60.2 Å². The van der Waals surface area contributed by atoms with Gasteiger partial charge in [-0.25, -0.2) is 0 Å². The summed E-state index contributed by atoms with van der Waals surface area (Å²) in [4.78, 5) is 0. The van der Waals surface area contributed by atoms with E-state index in [-0.39, 0.29) is 0 Å². The van der Waals surface area contributed by atoms with Gasteiger partial charge >= 0.3 is 0 Å². The molecule has 0 aliphatic carbocycles. The standard InChI is InChI=1S/C20H32O2Si3/c1-21-19-13-15-20(16-14-19)23(2,3)25(6,7)24(4,5)22-17-18-11-9-8-10-12-18/h8-16H,17H2,1-7H3. The number of hydrogen-bond acceptors (Lipinski definition) is 2. The van der Waals surface area contributed by atoms with Crippen molar-refractivity contribution < 1.29 is 9.16 Å². The van der Waals surface area contributed by atoms with Gasteiger partial charge in [0.15, 0.2) is 7.83 Å². The van der Waals surface area contributed by atoms with Crippen LogP contribution in [0.4, 0.5) is 0 Å². The summed E-state index contributed by atoms with van der Waals surface area (Å²) < 4.78 is 12.0. The molecule has 0 atom stereocenters. The summed E-state index contributed by atoms with van der Waals surface area (Å²) >= 11 is 0. The van der Waals surface area contributed by atoms with Crippen LogP contribution in [0.3, 0.4) is 0 Å². The van der Waals surface area contributed by atoms with E-state index in [1.165, 1.54) is 10.8 Å². The molecule has 0 saturated carbocycles. The van der Waals surface area contributed by atoms with Crippen molar-refractivity contribution in [1.29, 1.82) is 0 Å². The van der Waals surface area contributed by atoms with Crippen molar-refractivity contribution in [3.8, 4) is 5.75 Å². The maximum atomic E-state index is 6.64. The lowest BCUT2D eigenvalue weighted by Gasteiger charge is -2.47. The quantitative estimate of drug-likeness (QED) is 0.628. The van der Waals surface area contributed by atoms with Crippen molar-refractivity contribution in [2.75, 3.05) is 7.11 Å². The number of benzene rings is 2. The van der Waals surface area contributed by atoms with Crippen LogP contribution in [0.15, 0.2) is 54.6 Å². The van der Waals surface area contributed by atoms with E-state index >= 15 is 0 Å². The highest BCUT2D eigenvalue weighted by Crippen LogP contribution is 2.30. The van der Waals surface area contributed by atoms with Crippen LogP contribution in [0.2, 0.25) is 39.3 Å². The molecule has 0 aliphatic heterocycles. The van der Waals surface area contributed by atoms with Gasteiger partial charge in [0.05, 0.1) is 28.4 Å². The van der Waals surface area contributed by atoms with Gasteiger partial charge in [0, 0.05) is 0 Å². The minimum atomic E-state index is -1.78. The Morgan fingerprint density at radius 2 is 1.32 bits per heavy atom. The first-order valence-electron chi connectivity index (χ1n) is 8.94. The lowest BCUT2D eigenvalue weighted by molar-refractivity contribution is 0.306. The highest BCUT2D eigenvalue weighted by molar-refractivity contribution is 7.69. The SMILES string of the molecule is COc1ccc([Si](C)(C)[Si](C)(C)[Si](C)(C)OCc2ccccc2)cc1. The Hall–Kier alpha value is -1.15. The molecular formula is C20H32O2Si3. The predicted molar refractivity (Wildman–Crippen MR) is 116 cm³/mol. The summed E-state index contributed by atoms with van der Waals surface area (Å²) in [5.74, 6) is 0.935. The van der Waals surface area contributed by atoms with Crippen molar-refractivity contribution >= 4 is 27.7 Å². The van der Waals surface area contributed by atoms with E-state index in [1.807, 2.05) is 0 Å². The molecule has 2 aromatic rings. The molecule has 0 radical (unpaired) electrons. The van der Waals surface area contributed by atoms with Crippen LogP contribution in [-0.2, 0) is 11.0 Å². The van der Waals surface area contributed by atoms with E-state index in [4.69, 9.17) is 9.16 Å². The average Bonchev–Trinajstić information content (AvgIpc) is 2.60. The zero-order valence-electron chi connectivity index (χ0n) is 16.7. The van der Waals surface area contributed by atoms with Gasteiger partial charge in [0.1, 0.15) is 5.75 Å². The Balaban J connectivity index is 2.23. The Morgan fingerprint density at radius 3 is 1.84 bits per heavy atom.